The van der Waals surface area contributed by atoms with Gasteiger partial charge >= 0.3 is 0 Å². The van der Waals surface area contributed by atoms with Gasteiger partial charge in [0.2, 0.25) is 5.91 Å². The van der Waals surface area contributed by atoms with Gasteiger partial charge in [-0.2, -0.15) is 0 Å². The third-order valence-electron chi connectivity index (χ3n) is 3.74. The van der Waals surface area contributed by atoms with Gasteiger partial charge in [-0.1, -0.05) is 18.2 Å². The average molecular weight is 291 g/mol. The van der Waals surface area contributed by atoms with E-state index in [1.165, 1.54) is 0 Å². The normalized spacial score (nSPS) is 15.9. The van der Waals surface area contributed by atoms with Crippen LogP contribution in [0.1, 0.15) is 6.42 Å². The lowest BCUT2D eigenvalue weighted by Gasteiger charge is -2.26. The molecule has 0 aromatic heterocycles. The van der Waals surface area contributed by atoms with Crippen LogP contribution in [0, 0.1) is 0 Å². The molecule has 1 aromatic rings. The van der Waals surface area contributed by atoms with Gasteiger partial charge in [0.15, 0.2) is 0 Å². The van der Waals surface area contributed by atoms with E-state index in [1.54, 1.807) is 4.90 Å². The Labute approximate surface area is 126 Å². The van der Waals surface area contributed by atoms with E-state index in [0.29, 0.717) is 6.42 Å². The number of hydrogen-bond donors (Lipinski definition) is 1. The van der Waals surface area contributed by atoms with Crippen LogP contribution in [0.2, 0.25) is 0 Å². The van der Waals surface area contributed by atoms with Crippen LogP contribution < -0.4 is 10.2 Å². The molecule has 2 rings (SSSR count). The molecule has 1 saturated heterocycles. The smallest absolute Gasteiger partial charge is 0.227 e. The Kier molecular flexibility index (Phi) is 6.66. The molecule has 1 fully saturated rings. The van der Waals surface area contributed by atoms with Crippen LogP contribution in [-0.2, 0) is 9.53 Å². The molecule has 5 nitrogen and oxygen atoms in total. The number of benzene rings is 1. The molecule has 1 aliphatic heterocycles. The summed E-state index contributed by atoms with van der Waals surface area (Å²) >= 11 is 0. The number of rotatable bonds is 7. The van der Waals surface area contributed by atoms with Gasteiger partial charge in [-0.3, -0.25) is 9.69 Å². The minimum absolute atomic E-state index is 0.139. The predicted molar refractivity (Wildman–Crippen MR) is 84.6 cm³/mol. The van der Waals surface area contributed by atoms with E-state index in [1.807, 2.05) is 37.4 Å². The number of carbonyl (C=O) groups is 1. The number of amides is 1. The molecule has 0 saturated carbocycles. The van der Waals surface area contributed by atoms with Gasteiger partial charge in [0.05, 0.1) is 13.2 Å². The molecular weight excluding hydrogens is 266 g/mol. The fourth-order valence-corrected chi connectivity index (χ4v) is 2.35. The molecule has 1 aliphatic rings. The molecule has 116 valence electrons. The Morgan fingerprint density at radius 1 is 1.24 bits per heavy atom. The first-order chi connectivity index (χ1) is 10.3. The number of ether oxygens (including phenoxy) is 1. The molecule has 0 radical (unpaired) electrons. The third-order valence-corrected chi connectivity index (χ3v) is 3.74. The molecule has 21 heavy (non-hydrogen) atoms. The molecular formula is C16H25N3O2. The predicted octanol–water partition coefficient (Wildman–Crippen LogP) is 0.961. The molecule has 1 amide bonds. The van der Waals surface area contributed by atoms with Crippen molar-refractivity contribution in [3.63, 3.8) is 0 Å². The second kappa shape index (κ2) is 8.77. The number of carbonyl (C=O) groups excluding carboxylic acids is 1. The van der Waals surface area contributed by atoms with Gasteiger partial charge in [0.1, 0.15) is 0 Å². The van der Waals surface area contributed by atoms with Crippen molar-refractivity contribution < 1.29 is 9.53 Å². The number of hydrogen-bond acceptors (Lipinski definition) is 4. The van der Waals surface area contributed by atoms with Crippen molar-refractivity contribution in [2.75, 3.05) is 57.9 Å². The van der Waals surface area contributed by atoms with Gasteiger partial charge < -0.3 is 15.0 Å². The Balaban J connectivity index is 1.58. The zero-order chi connectivity index (χ0) is 14.9. The first-order valence-corrected chi connectivity index (χ1v) is 7.60. The van der Waals surface area contributed by atoms with Crippen LogP contribution in [0.15, 0.2) is 30.3 Å². The minimum Gasteiger partial charge on any atom is -0.379 e. The fraction of sp³-hybridized carbons (Fsp3) is 0.562. The molecule has 5 heteroatoms. The highest BCUT2D eigenvalue weighted by Crippen LogP contribution is 2.11. The minimum atomic E-state index is 0.139. The molecule has 1 aromatic carbocycles. The number of nitrogens with zero attached hydrogens (tertiary/aromatic N) is 2. The SMILES string of the molecule is CN(C(=O)CCNCCN1CCOCC1)c1ccccc1. The van der Waals surface area contributed by atoms with Crippen molar-refractivity contribution in [1.82, 2.24) is 10.2 Å². The van der Waals surface area contributed by atoms with E-state index in [0.717, 1.165) is 51.6 Å². The van der Waals surface area contributed by atoms with E-state index >= 15 is 0 Å². The van der Waals surface area contributed by atoms with Gasteiger partial charge in [0, 0.05) is 51.9 Å². The zero-order valence-corrected chi connectivity index (χ0v) is 12.8. The van der Waals surface area contributed by atoms with Crippen LogP contribution in [0.4, 0.5) is 5.69 Å². The Bertz CT molecular complexity index is 419. The molecule has 0 unspecified atom stereocenters. The number of anilines is 1. The molecule has 0 atom stereocenters. The van der Waals surface area contributed by atoms with E-state index in [9.17, 15) is 4.79 Å². The molecule has 0 bridgehead atoms. The van der Waals surface area contributed by atoms with Crippen LogP contribution in [0.25, 0.3) is 0 Å². The van der Waals surface area contributed by atoms with Gasteiger partial charge in [-0.25, -0.2) is 0 Å². The maximum Gasteiger partial charge on any atom is 0.227 e. The maximum absolute atomic E-state index is 12.1. The highest BCUT2D eigenvalue weighted by molar-refractivity contribution is 5.92. The number of para-hydroxylation sites is 1. The van der Waals surface area contributed by atoms with E-state index < -0.39 is 0 Å². The van der Waals surface area contributed by atoms with Crippen molar-refractivity contribution >= 4 is 11.6 Å². The Morgan fingerprint density at radius 3 is 2.67 bits per heavy atom. The summed E-state index contributed by atoms with van der Waals surface area (Å²) < 4.78 is 5.31. The summed E-state index contributed by atoms with van der Waals surface area (Å²) in [7, 11) is 1.82. The summed E-state index contributed by atoms with van der Waals surface area (Å²) in [6.07, 6.45) is 0.522. The van der Waals surface area contributed by atoms with Crippen molar-refractivity contribution in [2.24, 2.45) is 0 Å². The lowest BCUT2D eigenvalue weighted by Crippen LogP contribution is -2.40. The molecule has 1 heterocycles. The van der Waals surface area contributed by atoms with Crippen molar-refractivity contribution in [3.05, 3.63) is 30.3 Å². The van der Waals surface area contributed by atoms with E-state index in [2.05, 4.69) is 10.2 Å². The topological polar surface area (TPSA) is 44.8 Å². The number of nitrogens with one attached hydrogen (secondary N) is 1. The van der Waals surface area contributed by atoms with Gasteiger partial charge in [-0.15, -0.1) is 0 Å². The lowest BCUT2D eigenvalue weighted by molar-refractivity contribution is -0.118. The Hall–Kier alpha value is -1.43. The van der Waals surface area contributed by atoms with E-state index in [-0.39, 0.29) is 5.91 Å². The van der Waals surface area contributed by atoms with Crippen molar-refractivity contribution in [3.8, 4) is 0 Å². The molecule has 0 aliphatic carbocycles. The average Bonchev–Trinajstić information content (AvgIpc) is 2.55. The Morgan fingerprint density at radius 2 is 1.95 bits per heavy atom. The summed E-state index contributed by atoms with van der Waals surface area (Å²) in [5.41, 5.74) is 0.941. The monoisotopic (exact) mass is 291 g/mol. The summed E-state index contributed by atoms with van der Waals surface area (Å²) in [6, 6.07) is 9.74. The lowest BCUT2D eigenvalue weighted by atomic mass is 10.2. The summed E-state index contributed by atoms with van der Waals surface area (Å²) in [6.45, 7) is 6.35. The van der Waals surface area contributed by atoms with E-state index in [4.69, 9.17) is 4.74 Å². The number of morpholine rings is 1. The summed E-state index contributed by atoms with van der Waals surface area (Å²) in [5.74, 6) is 0.139. The maximum atomic E-state index is 12.1. The second-order valence-electron chi connectivity index (χ2n) is 5.24. The first kappa shape index (κ1) is 15.9. The first-order valence-electron chi connectivity index (χ1n) is 7.60. The largest absolute Gasteiger partial charge is 0.379 e. The molecule has 0 spiro atoms. The van der Waals surface area contributed by atoms with Crippen molar-refractivity contribution in [1.29, 1.82) is 0 Å². The van der Waals surface area contributed by atoms with Gasteiger partial charge in [0.25, 0.3) is 0 Å². The van der Waals surface area contributed by atoms with Crippen molar-refractivity contribution in [2.45, 2.75) is 6.42 Å². The second-order valence-corrected chi connectivity index (χ2v) is 5.24. The highest BCUT2D eigenvalue weighted by atomic mass is 16.5. The van der Waals surface area contributed by atoms with Crippen LogP contribution in [0.5, 0.6) is 0 Å². The van der Waals surface area contributed by atoms with Crippen LogP contribution in [-0.4, -0.2) is 63.8 Å². The van der Waals surface area contributed by atoms with Crippen LogP contribution in [0.3, 0.4) is 0 Å². The highest BCUT2D eigenvalue weighted by Gasteiger charge is 2.11. The fourth-order valence-electron chi connectivity index (χ4n) is 2.35. The molecule has 1 N–H and O–H groups in total. The van der Waals surface area contributed by atoms with Crippen LogP contribution >= 0.6 is 0 Å². The zero-order valence-electron chi connectivity index (χ0n) is 12.8. The quantitative estimate of drug-likeness (QED) is 0.760. The third kappa shape index (κ3) is 5.46. The van der Waals surface area contributed by atoms with Gasteiger partial charge in [-0.05, 0) is 12.1 Å². The standard InChI is InChI=1S/C16H25N3O2/c1-18(15-5-3-2-4-6-15)16(20)7-8-17-9-10-19-11-13-21-14-12-19/h2-6,17H,7-14H2,1H3. The summed E-state index contributed by atoms with van der Waals surface area (Å²) in [5, 5.41) is 3.34. The summed E-state index contributed by atoms with van der Waals surface area (Å²) in [4.78, 5) is 16.2.